The average molecular weight is 376 g/mol. The molecule has 1 aromatic heterocycles. The summed E-state index contributed by atoms with van der Waals surface area (Å²) < 4.78 is 1.70. The van der Waals surface area contributed by atoms with Crippen molar-refractivity contribution in [2.45, 2.75) is 71.0 Å². The lowest BCUT2D eigenvalue weighted by Gasteiger charge is -2.13. The number of carbonyl (C=O) groups is 1. The molecule has 0 fully saturated rings. The molecule has 1 aromatic carbocycles. The van der Waals surface area contributed by atoms with E-state index in [1.165, 1.54) is 36.6 Å². The first-order valence-electron chi connectivity index (χ1n) is 9.30. The van der Waals surface area contributed by atoms with E-state index in [0.29, 0.717) is 10.9 Å². The standard InChI is InChI=1S/C19H29N5OS/c1-5-6-7-8-11-15(3)20-18(25)13-26-19-21-22-23-24(19)17-12-9-10-14(2)16(17)4/h9-10,12,15H,5-8,11,13H2,1-4H3,(H,20,25)/t15-/m0/s1. The molecule has 1 N–H and O–H groups in total. The number of tetrazole rings is 1. The van der Waals surface area contributed by atoms with Crippen molar-refractivity contribution in [3.63, 3.8) is 0 Å². The van der Waals surface area contributed by atoms with Crippen LogP contribution in [0.15, 0.2) is 23.4 Å². The molecule has 7 heteroatoms. The van der Waals surface area contributed by atoms with E-state index in [1.807, 2.05) is 19.1 Å². The first kappa shape index (κ1) is 20.4. The van der Waals surface area contributed by atoms with Crippen LogP contribution < -0.4 is 5.32 Å². The highest BCUT2D eigenvalue weighted by Crippen LogP contribution is 2.22. The second-order valence-electron chi connectivity index (χ2n) is 6.70. The molecule has 142 valence electrons. The van der Waals surface area contributed by atoms with E-state index in [0.717, 1.165) is 24.1 Å². The first-order chi connectivity index (χ1) is 12.5. The van der Waals surface area contributed by atoms with Crippen LogP contribution in [0.1, 0.15) is 57.1 Å². The number of nitrogens with zero attached hydrogens (tertiary/aromatic N) is 4. The Morgan fingerprint density at radius 1 is 1.27 bits per heavy atom. The molecule has 0 unspecified atom stereocenters. The van der Waals surface area contributed by atoms with E-state index in [9.17, 15) is 4.79 Å². The zero-order valence-corrected chi connectivity index (χ0v) is 17.0. The van der Waals surface area contributed by atoms with Crippen molar-refractivity contribution >= 4 is 17.7 Å². The highest BCUT2D eigenvalue weighted by atomic mass is 32.2. The van der Waals surface area contributed by atoms with Gasteiger partial charge in [-0.05, 0) is 54.8 Å². The molecule has 26 heavy (non-hydrogen) atoms. The van der Waals surface area contributed by atoms with E-state index in [-0.39, 0.29) is 11.9 Å². The number of benzene rings is 1. The fraction of sp³-hybridized carbons (Fsp3) is 0.579. The fourth-order valence-electron chi connectivity index (χ4n) is 2.78. The number of rotatable bonds is 10. The van der Waals surface area contributed by atoms with Crippen LogP contribution in [0.2, 0.25) is 0 Å². The molecule has 2 rings (SSSR count). The molecule has 0 spiro atoms. The third kappa shape index (κ3) is 5.83. The van der Waals surface area contributed by atoms with Crippen molar-refractivity contribution in [3.8, 4) is 5.69 Å². The Morgan fingerprint density at radius 3 is 2.85 bits per heavy atom. The first-order valence-corrected chi connectivity index (χ1v) is 10.3. The maximum absolute atomic E-state index is 12.2. The number of aromatic nitrogens is 4. The number of carbonyl (C=O) groups excluding carboxylic acids is 1. The van der Waals surface area contributed by atoms with Gasteiger partial charge >= 0.3 is 0 Å². The largest absolute Gasteiger partial charge is 0.353 e. The molecule has 0 aliphatic heterocycles. The maximum atomic E-state index is 12.2. The summed E-state index contributed by atoms with van der Waals surface area (Å²) in [5.74, 6) is 0.332. The van der Waals surface area contributed by atoms with Crippen LogP contribution in [0.3, 0.4) is 0 Å². The van der Waals surface area contributed by atoms with Gasteiger partial charge in [0.1, 0.15) is 0 Å². The van der Waals surface area contributed by atoms with Crippen molar-refractivity contribution in [1.29, 1.82) is 0 Å². The van der Waals surface area contributed by atoms with Gasteiger partial charge in [-0.1, -0.05) is 56.5 Å². The molecular weight excluding hydrogens is 346 g/mol. The smallest absolute Gasteiger partial charge is 0.230 e. The van der Waals surface area contributed by atoms with Gasteiger partial charge in [-0.25, -0.2) is 0 Å². The Labute approximate surface area is 160 Å². The minimum atomic E-state index is 0.0218. The van der Waals surface area contributed by atoms with Gasteiger partial charge in [0, 0.05) is 6.04 Å². The third-order valence-electron chi connectivity index (χ3n) is 4.48. The van der Waals surface area contributed by atoms with Crippen molar-refractivity contribution in [2.24, 2.45) is 0 Å². The fourth-order valence-corrected chi connectivity index (χ4v) is 3.48. The second kappa shape index (κ2) is 10.3. The topological polar surface area (TPSA) is 72.7 Å². The van der Waals surface area contributed by atoms with Gasteiger partial charge in [-0.2, -0.15) is 4.68 Å². The number of hydrogen-bond donors (Lipinski definition) is 1. The average Bonchev–Trinajstić information content (AvgIpc) is 3.07. The molecule has 0 aliphatic rings. The van der Waals surface area contributed by atoms with Crippen molar-refractivity contribution in [3.05, 3.63) is 29.3 Å². The van der Waals surface area contributed by atoms with E-state index in [1.54, 1.807) is 4.68 Å². The summed E-state index contributed by atoms with van der Waals surface area (Å²) in [6, 6.07) is 6.24. The molecule has 0 saturated heterocycles. The number of aryl methyl sites for hydroxylation is 1. The minimum absolute atomic E-state index is 0.0218. The zero-order chi connectivity index (χ0) is 18.9. The van der Waals surface area contributed by atoms with Crippen LogP contribution in [0.5, 0.6) is 0 Å². The van der Waals surface area contributed by atoms with Crippen LogP contribution in [0, 0.1) is 13.8 Å². The van der Waals surface area contributed by atoms with Gasteiger partial charge in [0.2, 0.25) is 11.1 Å². The predicted molar refractivity (Wildman–Crippen MR) is 106 cm³/mol. The van der Waals surface area contributed by atoms with Crippen molar-refractivity contribution in [1.82, 2.24) is 25.5 Å². The monoisotopic (exact) mass is 375 g/mol. The second-order valence-corrected chi connectivity index (χ2v) is 7.64. The number of hydrogen-bond acceptors (Lipinski definition) is 5. The van der Waals surface area contributed by atoms with E-state index >= 15 is 0 Å². The van der Waals surface area contributed by atoms with E-state index in [4.69, 9.17) is 0 Å². The Hall–Kier alpha value is -1.89. The van der Waals surface area contributed by atoms with Gasteiger partial charge < -0.3 is 5.32 Å². The molecule has 1 amide bonds. The van der Waals surface area contributed by atoms with Gasteiger partial charge in [0.05, 0.1) is 11.4 Å². The number of thioether (sulfide) groups is 1. The summed E-state index contributed by atoms with van der Waals surface area (Å²) in [7, 11) is 0. The zero-order valence-electron chi connectivity index (χ0n) is 16.2. The SMILES string of the molecule is CCCCCC[C@H](C)NC(=O)CSc1nnnn1-c1cccc(C)c1C. The molecule has 0 radical (unpaired) electrons. The van der Waals surface area contributed by atoms with Gasteiger partial charge in [-0.15, -0.1) is 5.10 Å². The molecule has 2 aromatic rings. The molecule has 1 atom stereocenters. The van der Waals surface area contributed by atoms with E-state index < -0.39 is 0 Å². The predicted octanol–water partition coefficient (Wildman–Crippen LogP) is 3.85. The lowest BCUT2D eigenvalue weighted by molar-refractivity contribution is -0.119. The van der Waals surface area contributed by atoms with Crippen LogP contribution >= 0.6 is 11.8 Å². The van der Waals surface area contributed by atoms with Crippen LogP contribution in [0.4, 0.5) is 0 Å². The molecule has 0 saturated carbocycles. The Balaban J connectivity index is 1.88. The highest BCUT2D eigenvalue weighted by Gasteiger charge is 2.14. The summed E-state index contributed by atoms with van der Waals surface area (Å²) in [5.41, 5.74) is 3.26. The third-order valence-corrected chi connectivity index (χ3v) is 5.39. The molecule has 0 bridgehead atoms. The number of nitrogens with one attached hydrogen (secondary N) is 1. The van der Waals surface area contributed by atoms with E-state index in [2.05, 4.69) is 47.7 Å². The van der Waals surface area contributed by atoms with Crippen LogP contribution in [-0.2, 0) is 4.79 Å². The maximum Gasteiger partial charge on any atom is 0.230 e. The summed E-state index contributed by atoms with van der Waals surface area (Å²) in [5, 5.41) is 15.6. The Bertz CT molecular complexity index is 716. The quantitative estimate of drug-likeness (QED) is 0.504. The van der Waals surface area contributed by atoms with Gasteiger partial charge in [0.15, 0.2) is 0 Å². The number of amides is 1. The van der Waals surface area contributed by atoms with Crippen LogP contribution in [0.25, 0.3) is 5.69 Å². The highest BCUT2D eigenvalue weighted by molar-refractivity contribution is 7.99. The van der Waals surface area contributed by atoms with Crippen molar-refractivity contribution in [2.75, 3.05) is 5.75 Å². The summed E-state index contributed by atoms with van der Waals surface area (Å²) in [6.45, 7) is 8.38. The van der Waals surface area contributed by atoms with Crippen molar-refractivity contribution < 1.29 is 4.79 Å². The van der Waals surface area contributed by atoms with Gasteiger partial charge in [-0.3, -0.25) is 4.79 Å². The lowest BCUT2D eigenvalue weighted by Crippen LogP contribution is -2.33. The molecule has 6 nitrogen and oxygen atoms in total. The Morgan fingerprint density at radius 2 is 2.08 bits per heavy atom. The normalized spacial score (nSPS) is 12.2. The minimum Gasteiger partial charge on any atom is -0.353 e. The summed E-state index contributed by atoms with van der Waals surface area (Å²) >= 11 is 1.36. The van der Waals surface area contributed by atoms with Crippen LogP contribution in [-0.4, -0.2) is 37.9 Å². The van der Waals surface area contributed by atoms with Gasteiger partial charge in [0.25, 0.3) is 0 Å². The molecular formula is C19H29N5OS. The molecule has 0 aliphatic carbocycles. The summed E-state index contributed by atoms with van der Waals surface area (Å²) in [6.07, 6.45) is 5.91. The number of unbranched alkanes of at least 4 members (excludes halogenated alkanes) is 3. The summed E-state index contributed by atoms with van der Waals surface area (Å²) in [4.78, 5) is 12.2. The lowest BCUT2D eigenvalue weighted by atomic mass is 10.1. The Kier molecular flexibility index (Phi) is 8.09. The molecule has 1 heterocycles.